The molecule has 0 radical (unpaired) electrons. The van der Waals surface area contributed by atoms with Crippen LogP contribution >= 0.6 is 0 Å². The molecule has 0 fully saturated rings. The predicted octanol–water partition coefficient (Wildman–Crippen LogP) is 4.89. The number of ether oxygens (including phenoxy) is 1. The zero-order valence-corrected chi connectivity index (χ0v) is 18.7. The highest BCUT2D eigenvalue weighted by Crippen LogP contribution is 2.16. The average Bonchev–Trinajstić information content (AvgIpc) is 2.67. The Bertz CT molecular complexity index is 663. The molecule has 29 heavy (non-hydrogen) atoms. The van der Waals surface area contributed by atoms with E-state index in [4.69, 9.17) is 9.71 Å². The van der Waals surface area contributed by atoms with Crippen molar-refractivity contribution in [2.45, 2.75) is 96.1 Å². The second-order valence-electron chi connectivity index (χ2n) is 7.00. The molecule has 0 heterocycles. The van der Waals surface area contributed by atoms with Crippen LogP contribution in [-0.4, -0.2) is 39.9 Å². The van der Waals surface area contributed by atoms with Gasteiger partial charge >= 0.3 is 5.97 Å². The van der Waals surface area contributed by atoms with Crippen molar-refractivity contribution in [3.63, 3.8) is 0 Å². The summed E-state index contributed by atoms with van der Waals surface area (Å²) in [5, 5.41) is 3.66. The third kappa shape index (κ3) is 16.9. The van der Waals surface area contributed by atoms with Crippen LogP contribution in [0.15, 0.2) is 5.11 Å². The Labute approximate surface area is 175 Å². The zero-order valence-electron chi connectivity index (χ0n) is 17.9. The third-order valence-electron chi connectivity index (χ3n) is 4.33. The van der Waals surface area contributed by atoms with Crippen molar-refractivity contribution in [2.75, 3.05) is 13.4 Å². The van der Waals surface area contributed by atoms with E-state index in [0.29, 0.717) is 19.3 Å². The number of methoxy groups -OCH3 is 1. The summed E-state index contributed by atoms with van der Waals surface area (Å²) in [5.74, 6) is 5.70. The number of nitrogens with zero attached hydrogens (tertiary/aromatic N) is 3. The van der Waals surface area contributed by atoms with Gasteiger partial charge in [0.25, 0.3) is 10.1 Å². The number of hydrogen-bond donors (Lipinski definition) is 0. The first kappa shape index (κ1) is 27.2. The van der Waals surface area contributed by atoms with Gasteiger partial charge in [0, 0.05) is 17.8 Å². The minimum atomic E-state index is -3.67. The summed E-state index contributed by atoms with van der Waals surface area (Å²) in [7, 11) is -2.28. The lowest BCUT2D eigenvalue weighted by Gasteiger charge is -2.18. The van der Waals surface area contributed by atoms with E-state index in [1.54, 1.807) is 0 Å². The molecule has 9 heteroatoms. The van der Waals surface area contributed by atoms with E-state index >= 15 is 0 Å². The number of hydrogen-bond acceptors (Lipinski definition) is 6. The lowest BCUT2D eigenvalue weighted by molar-refractivity contribution is -0.140. The SMILES string of the molecule is CCCCCCC(OS(C)(=O)=O)C(C#CCCCCCCCC(=O)OC)N=[N+]=[N-]. The zero-order chi connectivity index (χ0) is 22.0. The van der Waals surface area contributed by atoms with Crippen LogP contribution < -0.4 is 0 Å². The Morgan fingerprint density at radius 1 is 1.10 bits per heavy atom. The molecule has 2 unspecified atom stereocenters. The number of unbranched alkanes of at least 4 members (excludes halogenated alkanes) is 8. The molecule has 0 saturated carbocycles. The molecular formula is C20H35N3O5S. The van der Waals surface area contributed by atoms with Crippen LogP contribution in [0.25, 0.3) is 10.4 Å². The largest absolute Gasteiger partial charge is 0.469 e. The van der Waals surface area contributed by atoms with Crippen molar-refractivity contribution < 1.29 is 22.1 Å². The Morgan fingerprint density at radius 3 is 2.38 bits per heavy atom. The van der Waals surface area contributed by atoms with E-state index in [-0.39, 0.29) is 5.97 Å². The van der Waals surface area contributed by atoms with Crippen LogP contribution in [0.4, 0.5) is 0 Å². The van der Waals surface area contributed by atoms with Gasteiger partial charge < -0.3 is 4.74 Å². The lowest BCUT2D eigenvalue weighted by Crippen LogP contribution is -2.28. The molecule has 0 rings (SSSR count). The molecule has 166 valence electrons. The summed E-state index contributed by atoms with van der Waals surface area (Å²) in [4.78, 5) is 13.8. The number of carbonyl (C=O) groups excluding carboxylic acids is 1. The number of esters is 1. The second-order valence-corrected chi connectivity index (χ2v) is 8.60. The first-order valence-electron chi connectivity index (χ1n) is 10.3. The molecule has 8 nitrogen and oxygen atoms in total. The monoisotopic (exact) mass is 429 g/mol. The van der Waals surface area contributed by atoms with E-state index in [9.17, 15) is 13.2 Å². The third-order valence-corrected chi connectivity index (χ3v) is 4.93. The number of carbonyl (C=O) groups is 1. The molecule has 0 bridgehead atoms. The number of rotatable bonds is 16. The van der Waals surface area contributed by atoms with Crippen LogP contribution in [-0.2, 0) is 23.8 Å². The molecular weight excluding hydrogens is 394 g/mol. The molecule has 0 aromatic rings. The van der Waals surface area contributed by atoms with Gasteiger partial charge in [-0.3, -0.25) is 8.98 Å². The molecule has 0 amide bonds. The fourth-order valence-electron chi connectivity index (χ4n) is 2.80. The van der Waals surface area contributed by atoms with Crippen LogP contribution in [0.5, 0.6) is 0 Å². The highest BCUT2D eigenvalue weighted by Gasteiger charge is 2.23. The first-order valence-corrected chi connectivity index (χ1v) is 12.1. The van der Waals surface area contributed by atoms with Gasteiger partial charge in [-0.2, -0.15) is 8.42 Å². The lowest BCUT2D eigenvalue weighted by atomic mass is 10.0. The number of azide groups is 1. The molecule has 0 aliphatic heterocycles. The summed E-state index contributed by atoms with van der Waals surface area (Å²) in [6.07, 6.45) is 10.3. The minimum Gasteiger partial charge on any atom is -0.469 e. The fraction of sp³-hybridized carbons (Fsp3) is 0.850. The Kier molecular flexibility index (Phi) is 16.1. The van der Waals surface area contributed by atoms with E-state index in [1.807, 2.05) is 0 Å². The second kappa shape index (κ2) is 17.1. The van der Waals surface area contributed by atoms with Crippen molar-refractivity contribution in [1.29, 1.82) is 0 Å². The van der Waals surface area contributed by atoms with Crippen LogP contribution in [0.1, 0.15) is 84.0 Å². The molecule has 0 saturated heterocycles. The standard InChI is InChI=1S/C20H35N3O5S/c1-4-5-6-13-16-19(28-29(3,25)26)18(22-23-21)15-12-10-8-7-9-11-14-17-20(24)27-2/h18-19H,4-11,13-14,16-17H2,1-3H3. The highest BCUT2D eigenvalue weighted by molar-refractivity contribution is 7.86. The Hall–Kier alpha value is -1.75. The smallest absolute Gasteiger partial charge is 0.305 e. The van der Waals surface area contributed by atoms with Gasteiger partial charge in [-0.15, -0.1) is 5.92 Å². The normalized spacial score (nSPS) is 12.9. The quantitative estimate of drug-likeness (QED) is 0.0658. The average molecular weight is 430 g/mol. The van der Waals surface area contributed by atoms with Crippen LogP contribution in [0, 0.1) is 11.8 Å². The predicted molar refractivity (Wildman–Crippen MR) is 114 cm³/mol. The Morgan fingerprint density at radius 2 is 1.76 bits per heavy atom. The van der Waals surface area contributed by atoms with Gasteiger partial charge in [-0.05, 0) is 24.8 Å². The van der Waals surface area contributed by atoms with Gasteiger partial charge in [0.2, 0.25) is 0 Å². The van der Waals surface area contributed by atoms with Crippen LogP contribution in [0.3, 0.4) is 0 Å². The summed E-state index contributed by atoms with van der Waals surface area (Å²) < 4.78 is 32.9. The van der Waals surface area contributed by atoms with E-state index in [2.05, 4.69) is 33.5 Å². The molecule has 0 aromatic carbocycles. The van der Waals surface area contributed by atoms with Crippen molar-refractivity contribution in [3.8, 4) is 11.8 Å². The summed E-state index contributed by atoms with van der Waals surface area (Å²) in [6, 6.07) is -0.823. The maximum Gasteiger partial charge on any atom is 0.305 e. The first-order chi connectivity index (χ1) is 13.8. The van der Waals surface area contributed by atoms with Gasteiger partial charge in [0.15, 0.2) is 0 Å². The van der Waals surface area contributed by atoms with Crippen molar-refractivity contribution in [2.24, 2.45) is 5.11 Å². The summed E-state index contributed by atoms with van der Waals surface area (Å²) >= 11 is 0. The van der Waals surface area contributed by atoms with Gasteiger partial charge in [0.1, 0.15) is 6.04 Å². The maximum absolute atomic E-state index is 11.6. The molecule has 0 aromatic heterocycles. The molecule has 2 atom stereocenters. The summed E-state index contributed by atoms with van der Waals surface area (Å²) in [6.45, 7) is 2.10. The summed E-state index contributed by atoms with van der Waals surface area (Å²) in [5.41, 5.74) is 8.83. The molecule has 0 spiro atoms. The van der Waals surface area contributed by atoms with Gasteiger partial charge in [0.05, 0.1) is 19.5 Å². The molecule has 0 aliphatic carbocycles. The van der Waals surface area contributed by atoms with E-state index in [0.717, 1.165) is 64.0 Å². The molecule has 0 aliphatic rings. The fourth-order valence-corrected chi connectivity index (χ4v) is 3.45. The van der Waals surface area contributed by atoms with Crippen molar-refractivity contribution >= 4 is 16.1 Å². The topological polar surface area (TPSA) is 118 Å². The van der Waals surface area contributed by atoms with Gasteiger partial charge in [-0.25, -0.2) is 0 Å². The van der Waals surface area contributed by atoms with E-state index < -0.39 is 22.3 Å². The molecule has 0 N–H and O–H groups in total. The highest BCUT2D eigenvalue weighted by atomic mass is 32.2. The van der Waals surface area contributed by atoms with Gasteiger partial charge in [-0.1, -0.05) is 62.9 Å². The van der Waals surface area contributed by atoms with Crippen molar-refractivity contribution in [1.82, 2.24) is 0 Å². The van der Waals surface area contributed by atoms with Crippen LogP contribution in [0.2, 0.25) is 0 Å². The maximum atomic E-state index is 11.6. The van der Waals surface area contributed by atoms with Crippen molar-refractivity contribution in [3.05, 3.63) is 10.4 Å². The van der Waals surface area contributed by atoms with E-state index in [1.165, 1.54) is 7.11 Å². The minimum absolute atomic E-state index is 0.180. The Balaban J connectivity index is 4.52.